The van der Waals surface area contributed by atoms with Crippen molar-refractivity contribution in [3.8, 4) is 5.75 Å². The van der Waals surface area contributed by atoms with E-state index in [0.29, 0.717) is 24.5 Å². The van der Waals surface area contributed by atoms with Crippen LogP contribution in [-0.2, 0) is 19.6 Å². The maximum Gasteiger partial charge on any atom is 0.265 e. The third-order valence-corrected chi connectivity index (χ3v) is 8.49. The number of anilines is 1. The van der Waals surface area contributed by atoms with Gasteiger partial charge in [-0.3, -0.25) is 14.5 Å². The average Bonchev–Trinajstić information content (AvgIpc) is 3.21. The van der Waals surface area contributed by atoms with Crippen molar-refractivity contribution in [2.45, 2.75) is 75.1 Å². The summed E-state index contributed by atoms with van der Waals surface area (Å²) in [5.74, 6) is -0.154. The van der Waals surface area contributed by atoms with Crippen molar-refractivity contribution in [1.82, 2.24) is 9.62 Å². The standard InChI is InChI=1S/C23H33N3O5S/c27-22(24-18-9-5-1-2-6-10-18)16-26-20-15-19(11-12-21(20)31-17-23(26)28)32(29,30)25-13-7-3-4-8-14-25/h11-12,15,18H,1-10,13-14,16-17H2,(H,24,27). The molecule has 0 radical (unpaired) electrons. The van der Waals surface area contributed by atoms with Crippen LogP contribution in [0.4, 0.5) is 5.69 Å². The van der Waals surface area contributed by atoms with Gasteiger partial charge in [0.05, 0.1) is 10.6 Å². The van der Waals surface area contributed by atoms with Gasteiger partial charge in [0, 0.05) is 19.1 Å². The van der Waals surface area contributed by atoms with Gasteiger partial charge in [0.25, 0.3) is 5.91 Å². The Bertz CT molecular complexity index is 933. The number of carbonyl (C=O) groups is 2. The van der Waals surface area contributed by atoms with Crippen molar-refractivity contribution in [2.24, 2.45) is 0 Å². The smallest absolute Gasteiger partial charge is 0.265 e. The van der Waals surface area contributed by atoms with Gasteiger partial charge in [-0.15, -0.1) is 0 Å². The number of nitrogens with one attached hydrogen (secondary N) is 1. The normalized spacial score (nSPS) is 21.2. The van der Waals surface area contributed by atoms with E-state index in [9.17, 15) is 18.0 Å². The molecular weight excluding hydrogens is 430 g/mol. The third-order valence-electron chi connectivity index (χ3n) is 6.60. The quantitative estimate of drug-likeness (QED) is 0.678. The molecule has 1 saturated carbocycles. The van der Waals surface area contributed by atoms with Gasteiger partial charge in [-0.2, -0.15) is 4.31 Å². The largest absolute Gasteiger partial charge is 0.482 e. The van der Waals surface area contributed by atoms with E-state index in [1.165, 1.54) is 34.2 Å². The van der Waals surface area contributed by atoms with E-state index >= 15 is 0 Å². The molecule has 0 spiro atoms. The lowest BCUT2D eigenvalue weighted by atomic mass is 10.1. The van der Waals surface area contributed by atoms with E-state index in [0.717, 1.165) is 51.4 Å². The van der Waals surface area contributed by atoms with Crippen LogP contribution in [0.3, 0.4) is 0 Å². The fraction of sp³-hybridized carbons (Fsp3) is 0.652. The van der Waals surface area contributed by atoms with Gasteiger partial charge in [-0.05, 0) is 43.9 Å². The SMILES string of the molecule is O=C(CN1C(=O)COc2ccc(S(=O)(=O)N3CCCCCC3)cc21)NC1CCCCCC1. The predicted molar refractivity (Wildman–Crippen MR) is 121 cm³/mol. The molecule has 2 amide bonds. The van der Waals surface area contributed by atoms with Crippen LogP contribution < -0.4 is 15.0 Å². The van der Waals surface area contributed by atoms with Crippen LogP contribution >= 0.6 is 0 Å². The first-order chi connectivity index (χ1) is 15.4. The molecule has 1 aromatic carbocycles. The van der Waals surface area contributed by atoms with Gasteiger partial charge >= 0.3 is 0 Å². The monoisotopic (exact) mass is 463 g/mol. The molecule has 32 heavy (non-hydrogen) atoms. The summed E-state index contributed by atoms with van der Waals surface area (Å²) in [4.78, 5) is 26.8. The summed E-state index contributed by atoms with van der Waals surface area (Å²) in [5.41, 5.74) is 0.341. The molecule has 0 unspecified atom stereocenters. The highest BCUT2D eigenvalue weighted by molar-refractivity contribution is 7.89. The number of ether oxygens (including phenoxy) is 1. The second kappa shape index (κ2) is 10.2. The highest BCUT2D eigenvalue weighted by Crippen LogP contribution is 2.35. The molecule has 3 aliphatic rings. The molecular formula is C23H33N3O5S. The van der Waals surface area contributed by atoms with E-state index in [1.54, 1.807) is 6.07 Å². The first kappa shape index (κ1) is 23.0. The lowest BCUT2D eigenvalue weighted by Crippen LogP contribution is -2.47. The van der Waals surface area contributed by atoms with Crippen LogP contribution in [0.1, 0.15) is 64.2 Å². The number of benzene rings is 1. The summed E-state index contributed by atoms with van der Waals surface area (Å²) in [6.07, 6.45) is 10.2. The summed E-state index contributed by atoms with van der Waals surface area (Å²) in [7, 11) is -3.68. The Labute approximate surface area is 190 Å². The number of rotatable bonds is 5. The topological polar surface area (TPSA) is 96.0 Å². The molecule has 8 nitrogen and oxygen atoms in total. The van der Waals surface area contributed by atoms with Crippen LogP contribution in [0, 0.1) is 0 Å². The zero-order valence-electron chi connectivity index (χ0n) is 18.6. The minimum atomic E-state index is -3.68. The number of amides is 2. The molecule has 176 valence electrons. The molecule has 4 rings (SSSR count). The van der Waals surface area contributed by atoms with Crippen molar-refractivity contribution in [1.29, 1.82) is 0 Å². The van der Waals surface area contributed by atoms with Crippen LogP contribution in [-0.4, -0.2) is 56.8 Å². The molecule has 2 fully saturated rings. The Hall–Kier alpha value is -2.13. The van der Waals surface area contributed by atoms with Gasteiger partial charge in [-0.25, -0.2) is 8.42 Å². The predicted octanol–water partition coefficient (Wildman–Crippen LogP) is 2.82. The molecule has 1 saturated heterocycles. The van der Waals surface area contributed by atoms with Crippen LogP contribution in [0.2, 0.25) is 0 Å². The maximum absolute atomic E-state index is 13.2. The molecule has 1 aromatic rings. The number of sulfonamides is 1. The summed E-state index contributed by atoms with van der Waals surface area (Å²) >= 11 is 0. The summed E-state index contributed by atoms with van der Waals surface area (Å²) < 4.78 is 33.5. The lowest BCUT2D eigenvalue weighted by molar-refractivity contribution is -0.125. The van der Waals surface area contributed by atoms with E-state index in [4.69, 9.17) is 4.74 Å². The number of carbonyl (C=O) groups excluding carboxylic acids is 2. The van der Waals surface area contributed by atoms with Crippen molar-refractivity contribution >= 4 is 27.5 Å². The third kappa shape index (κ3) is 5.26. The molecule has 1 N–H and O–H groups in total. The van der Waals surface area contributed by atoms with E-state index in [-0.39, 0.29) is 35.9 Å². The fourth-order valence-electron chi connectivity index (χ4n) is 4.79. The summed E-state index contributed by atoms with van der Waals surface area (Å²) in [5, 5.41) is 3.06. The number of fused-ring (bicyclic) bond motifs is 1. The Morgan fingerprint density at radius 2 is 1.66 bits per heavy atom. The van der Waals surface area contributed by atoms with E-state index in [1.807, 2.05) is 0 Å². The van der Waals surface area contributed by atoms with Gasteiger partial charge in [0.2, 0.25) is 15.9 Å². The Balaban J connectivity index is 1.53. The molecule has 0 aromatic heterocycles. The summed E-state index contributed by atoms with van der Waals surface area (Å²) in [6, 6.07) is 4.72. The second-order valence-electron chi connectivity index (χ2n) is 8.97. The van der Waals surface area contributed by atoms with Gasteiger partial charge < -0.3 is 10.1 Å². The van der Waals surface area contributed by atoms with E-state index in [2.05, 4.69) is 5.32 Å². The van der Waals surface area contributed by atoms with Crippen LogP contribution in [0.15, 0.2) is 23.1 Å². The lowest BCUT2D eigenvalue weighted by Gasteiger charge is -2.30. The highest BCUT2D eigenvalue weighted by atomic mass is 32.2. The van der Waals surface area contributed by atoms with Crippen LogP contribution in [0.5, 0.6) is 5.75 Å². The highest BCUT2D eigenvalue weighted by Gasteiger charge is 2.32. The Morgan fingerprint density at radius 1 is 1.00 bits per heavy atom. The minimum absolute atomic E-state index is 0.130. The van der Waals surface area contributed by atoms with Gasteiger partial charge in [0.15, 0.2) is 6.61 Å². The number of hydrogen-bond donors (Lipinski definition) is 1. The maximum atomic E-state index is 13.2. The Morgan fingerprint density at radius 3 is 2.34 bits per heavy atom. The second-order valence-corrected chi connectivity index (χ2v) is 10.9. The van der Waals surface area contributed by atoms with E-state index < -0.39 is 10.0 Å². The molecule has 0 atom stereocenters. The van der Waals surface area contributed by atoms with Gasteiger partial charge in [0.1, 0.15) is 12.3 Å². The van der Waals surface area contributed by atoms with Crippen LogP contribution in [0.25, 0.3) is 0 Å². The van der Waals surface area contributed by atoms with Crippen molar-refractivity contribution < 1.29 is 22.7 Å². The zero-order valence-corrected chi connectivity index (χ0v) is 19.4. The molecule has 0 bridgehead atoms. The first-order valence-corrected chi connectivity index (χ1v) is 13.3. The number of nitrogens with zero attached hydrogens (tertiary/aromatic N) is 2. The summed E-state index contributed by atoms with van der Waals surface area (Å²) in [6.45, 7) is 0.700. The minimum Gasteiger partial charge on any atom is -0.482 e. The van der Waals surface area contributed by atoms with Crippen molar-refractivity contribution in [3.63, 3.8) is 0 Å². The zero-order chi connectivity index (χ0) is 22.6. The van der Waals surface area contributed by atoms with Crippen molar-refractivity contribution in [3.05, 3.63) is 18.2 Å². The number of hydrogen-bond acceptors (Lipinski definition) is 5. The molecule has 2 heterocycles. The Kier molecular flexibility index (Phi) is 7.35. The fourth-order valence-corrected chi connectivity index (χ4v) is 6.33. The first-order valence-electron chi connectivity index (χ1n) is 11.8. The molecule has 2 aliphatic heterocycles. The average molecular weight is 464 g/mol. The van der Waals surface area contributed by atoms with Crippen molar-refractivity contribution in [2.75, 3.05) is 31.1 Å². The van der Waals surface area contributed by atoms with Gasteiger partial charge in [-0.1, -0.05) is 38.5 Å². The molecule has 9 heteroatoms. The molecule has 1 aliphatic carbocycles.